The summed E-state index contributed by atoms with van der Waals surface area (Å²) in [4.78, 5) is 62.6. The van der Waals surface area contributed by atoms with Crippen LogP contribution in [0.4, 0.5) is 13.2 Å². The summed E-state index contributed by atoms with van der Waals surface area (Å²) in [6, 6.07) is 3.99. The summed E-state index contributed by atoms with van der Waals surface area (Å²) in [7, 11) is -1.06. The van der Waals surface area contributed by atoms with Crippen molar-refractivity contribution in [2.45, 2.75) is 121 Å². The maximum absolute atomic E-state index is 14.9. The van der Waals surface area contributed by atoms with Gasteiger partial charge in [-0.1, -0.05) is 26.0 Å². The van der Waals surface area contributed by atoms with Gasteiger partial charge in [-0.25, -0.2) is 13.4 Å². The number of rotatable bonds is 10. The zero-order chi connectivity index (χ0) is 43.3. The minimum Gasteiger partial charge on any atom is -0.493 e. The number of benzene rings is 1. The average molecular weight is 850 g/mol. The number of methoxy groups -OCH3 is 2. The number of fused-ring (bicyclic) bond motifs is 3. The fourth-order valence-corrected chi connectivity index (χ4v) is 9.71. The molecule has 1 aromatic heterocycles. The maximum Gasteiger partial charge on any atom is 0.427 e. The molecule has 2 amide bonds. The first-order valence-corrected chi connectivity index (χ1v) is 21.6. The molecule has 59 heavy (non-hydrogen) atoms. The average Bonchev–Trinajstić information content (AvgIpc) is 4.04. The molecule has 7 atom stereocenters. The largest absolute Gasteiger partial charge is 0.493 e. The number of hydrogen-bond acceptors (Lipinski definition) is 11. The van der Waals surface area contributed by atoms with E-state index in [0.717, 1.165) is 13.8 Å². The molecule has 3 heterocycles. The second kappa shape index (κ2) is 16.2. The van der Waals surface area contributed by atoms with Gasteiger partial charge in [0.1, 0.15) is 6.10 Å². The quantitative estimate of drug-likeness (QED) is 0.206. The number of halogens is 3. The van der Waals surface area contributed by atoms with Crippen LogP contribution >= 0.6 is 0 Å². The van der Waals surface area contributed by atoms with Gasteiger partial charge in [0.2, 0.25) is 33.3 Å². The van der Waals surface area contributed by atoms with E-state index in [2.05, 4.69) is 9.71 Å². The normalized spacial score (nSPS) is 29.3. The lowest BCUT2D eigenvalue weighted by molar-refractivity contribution is -0.257. The number of allylic oxidation sites excluding steroid dienone is 2. The Labute approximate surface area is 342 Å². The number of carbonyl (C=O) groups excluding carboxylic acids is 4. The molecule has 6 rings (SSSR count). The first-order chi connectivity index (χ1) is 27.5. The van der Waals surface area contributed by atoms with Crippen LogP contribution < -0.4 is 18.9 Å². The molecule has 0 unspecified atom stereocenters. The lowest BCUT2D eigenvalue weighted by atomic mass is 9.82. The Hall–Kier alpha value is -4.41. The van der Waals surface area contributed by atoms with Crippen molar-refractivity contribution in [3.8, 4) is 17.4 Å². The third-order valence-corrected chi connectivity index (χ3v) is 14.9. The molecule has 2 saturated carbocycles. The number of ether oxygens (including phenoxy) is 4. The van der Waals surface area contributed by atoms with E-state index in [9.17, 15) is 40.8 Å². The summed E-state index contributed by atoms with van der Waals surface area (Å²) in [5.41, 5.74) is -4.21. The second-order valence-electron chi connectivity index (χ2n) is 17.6. The fourth-order valence-electron chi connectivity index (χ4n) is 8.37. The number of pyridine rings is 1. The Bertz CT molecular complexity index is 2120. The highest BCUT2D eigenvalue weighted by Gasteiger charge is 2.63. The van der Waals surface area contributed by atoms with Crippen LogP contribution in [0.1, 0.15) is 92.4 Å². The predicted molar refractivity (Wildman–Crippen MR) is 210 cm³/mol. The van der Waals surface area contributed by atoms with Crippen molar-refractivity contribution in [2.75, 3.05) is 20.8 Å². The number of carbonyl (C=O) groups is 4. The molecule has 0 radical (unpaired) electrons. The molecule has 3 fully saturated rings. The fraction of sp³-hybridized carbons (Fsp3) is 0.643. The van der Waals surface area contributed by atoms with Crippen LogP contribution in [0.2, 0.25) is 0 Å². The molecule has 2 aliphatic carbocycles. The lowest BCUT2D eigenvalue weighted by Crippen LogP contribution is -2.48. The number of esters is 1. The van der Waals surface area contributed by atoms with Crippen molar-refractivity contribution < 1.29 is 59.7 Å². The molecule has 1 N–H and O–H groups in total. The summed E-state index contributed by atoms with van der Waals surface area (Å²) >= 11 is 0. The number of aromatic nitrogens is 1. The lowest BCUT2D eigenvalue weighted by Gasteiger charge is -2.33. The van der Waals surface area contributed by atoms with Gasteiger partial charge in [0.25, 0.3) is 0 Å². The summed E-state index contributed by atoms with van der Waals surface area (Å²) in [6.45, 7) is 6.61. The molecule has 0 spiro atoms. The maximum atomic E-state index is 14.9. The molecule has 324 valence electrons. The van der Waals surface area contributed by atoms with E-state index in [-0.39, 0.29) is 37.6 Å². The highest BCUT2D eigenvalue weighted by Crippen LogP contribution is 2.58. The predicted octanol–water partition coefficient (Wildman–Crippen LogP) is 6.47. The van der Waals surface area contributed by atoms with Crippen LogP contribution in [0.25, 0.3) is 10.8 Å². The molecular weight excluding hydrogens is 796 g/mol. The first kappa shape index (κ1) is 44.2. The van der Waals surface area contributed by atoms with Gasteiger partial charge in [0.15, 0.2) is 17.3 Å². The Morgan fingerprint density at radius 2 is 1.73 bits per heavy atom. The molecule has 4 aliphatic rings. The van der Waals surface area contributed by atoms with Gasteiger partial charge in [-0.05, 0) is 101 Å². The topological polar surface area (TPSA) is 167 Å². The van der Waals surface area contributed by atoms with Crippen LogP contribution in [-0.4, -0.2) is 91.3 Å². The van der Waals surface area contributed by atoms with Gasteiger partial charge in [-0.3, -0.25) is 23.9 Å². The van der Waals surface area contributed by atoms with E-state index in [0.29, 0.717) is 54.4 Å². The molecular formula is C42H54F3N3O10S. The number of nitrogens with one attached hydrogen (secondary N) is 1. The van der Waals surface area contributed by atoms with Gasteiger partial charge in [0.05, 0.1) is 49.3 Å². The van der Waals surface area contributed by atoms with Crippen LogP contribution in [0, 0.1) is 29.1 Å². The number of ketones is 1. The van der Waals surface area contributed by atoms with Gasteiger partial charge >= 0.3 is 12.1 Å². The number of sulfonamides is 1. The Morgan fingerprint density at radius 3 is 2.37 bits per heavy atom. The molecule has 1 saturated heterocycles. The number of hydrogen-bond donors (Lipinski definition) is 1. The molecule has 2 aromatic rings. The molecule has 1 aromatic carbocycles. The van der Waals surface area contributed by atoms with E-state index in [1.807, 2.05) is 19.1 Å². The van der Waals surface area contributed by atoms with E-state index >= 15 is 0 Å². The minimum atomic E-state index is -4.87. The van der Waals surface area contributed by atoms with Crippen LogP contribution in [0.5, 0.6) is 17.4 Å². The standard InChI is InChI=1S/C42H54F3N3O10S/c1-24-10-8-9-11-27-21-41(27,38(52)47-59(53,54)40(5)13-14-40)22-32(49)31-18-28(57-36-30-19-34(56-7)33(55-6)17-26(30)12-15-46-36)23-48(31)37(51)29(25(2)16-24)20-35(50)58-39(3,4)42(43,44)45/h9,11-12,15,17,19,24-25,27-29,31H,8,10,13-14,16,18,20-23H2,1-7H3,(H,47,52)/b11-9-/t24-,25+,27+,28+,29-,31-,41+/m0/s1. The molecule has 13 nitrogen and oxygen atoms in total. The number of Topliss-reactive ketones (excluding diaryl/α,β-unsaturated/α-hetero) is 1. The Balaban J connectivity index is 1.36. The van der Waals surface area contributed by atoms with Crippen LogP contribution in [0.15, 0.2) is 36.5 Å². The van der Waals surface area contributed by atoms with Gasteiger partial charge in [0, 0.05) is 24.4 Å². The third kappa shape index (κ3) is 9.04. The smallest absolute Gasteiger partial charge is 0.427 e. The van der Waals surface area contributed by atoms with Crippen molar-refractivity contribution in [2.24, 2.45) is 29.1 Å². The third-order valence-electron chi connectivity index (χ3n) is 12.7. The highest BCUT2D eigenvalue weighted by atomic mass is 32.2. The summed E-state index contributed by atoms with van der Waals surface area (Å²) in [6.07, 6.45) is 1.17. The highest BCUT2D eigenvalue weighted by molar-refractivity contribution is 7.91. The monoisotopic (exact) mass is 849 g/mol. The van der Waals surface area contributed by atoms with Crippen molar-refractivity contribution in [1.82, 2.24) is 14.6 Å². The second-order valence-corrected chi connectivity index (χ2v) is 19.8. The van der Waals surface area contributed by atoms with Gasteiger partial charge < -0.3 is 23.8 Å². The van der Waals surface area contributed by atoms with E-state index in [1.165, 1.54) is 25.3 Å². The summed E-state index contributed by atoms with van der Waals surface area (Å²) in [5, 5.41) is 1.25. The van der Waals surface area contributed by atoms with Crippen molar-refractivity contribution in [1.29, 1.82) is 0 Å². The number of nitrogens with zero attached hydrogens (tertiary/aromatic N) is 2. The first-order valence-electron chi connectivity index (χ1n) is 20.1. The van der Waals surface area contributed by atoms with Gasteiger partial charge in [-0.15, -0.1) is 0 Å². The van der Waals surface area contributed by atoms with Crippen LogP contribution in [-0.2, 0) is 33.9 Å². The molecule has 17 heteroatoms. The van der Waals surface area contributed by atoms with E-state index in [1.54, 1.807) is 32.0 Å². The van der Waals surface area contributed by atoms with Crippen molar-refractivity contribution in [3.63, 3.8) is 0 Å². The zero-order valence-electron chi connectivity index (χ0n) is 34.5. The Morgan fingerprint density at radius 1 is 1.05 bits per heavy atom. The van der Waals surface area contributed by atoms with Crippen molar-refractivity contribution in [3.05, 3.63) is 36.5 Å². The minimum absolute atomic E-state index is 0.00884. The molecule has 0 bridgehead atoms. The van der Waals surface area contributed by atoms with Crippen molar-refractivity contribution >= 4 is 44.4 Å². The number of alkyl halides is 3. The summed E-state index contributed by atoms with van der Waals surface area (Å²) in [5.74, 6) is -4.22. The van der Waals surface area contributed by atoms with E-state index < -0.39 is 91.8 Å². The molecule has 2 aliphatic heterocycles. The zero-order valence-corrected chi connectivity index (χ0v) is 35.3. The van der Waals surface area contributed by atoms with Gasteiger partial charge in [-0.2, -0.15) is 13.2 Å². The van der Waals surface area contributed by atoms with E-state index in [4.69, 9.17) is 18.9 Å². The number of amides is 2. The Kier molecular flexibility index (Phi) is 12.1. The van der Waals surface area contributed by atoms with Crippen LogP contribution in [0.3, 0.4) is 0 Å². The summed E-state index contributed by atoms with van der Waals surface area (Å²) < 4.78 is 91.3. The SMILES string of the molecule is COc1cc2ccnc(O[C@@H]3C[C@H]4C(=O)C[C@]5(C(=O)NS(=O)(=O)C6(C)CC6)C[C@H]5/C=C\CC[C@H](C)C[C@@H](C)[C@H](CC(=O)OC(C)(C)C(F)(F)F)C(=O)N4C3)c2cc1OC.